The van der Waals surface area contributed by atoms with Crippen molar-refractivity contribution in [1.82, 2.24) is 0 Å². The first-order valence-corrected chi connectivity index (χ1v) is 14.0. The molecule has 32 heavy (non-hydrogen) atoms. The molecule has 0 aromatic carbocycles. The van der Waals surface area contributed by atoms with E-state index in [4.69, 9.17) is 0 Å². The molecule has 5 aliphatic carbocycles. The third-order valence-electron chi connectivity index (χ3n) is 13.7. The molecular weight excluding hydrogens is 392 g/mol. The number of aliphatic hydroxyl groups excluding tert-OH is 1. The molecule has 0 aliphatic heterocycles. The number of hydrogen-bond acceptors (Lipinski definition) is 2. The molecule has 0 radical (unpaired) electrons. The lowest BCUT2D eigenvalue weighted by molar-refractivity contribution is -0.250. The van der Waals surface area contributed by atoms with E-state index < -0.39 is 5.60 Å². The van der Waals surface area contributed by atoms with Gasteiger partial charge in [-0.05, 0) is 135 Å². The predicted octanol–water partition coefficient (Wildman–Crippen LogP) is 7.22. The average Bonchev–Trinajstić information content (AvgIpc) is 3.04. The number of fused-ring (bicyclic) bond motifs is 7. The van der Waals surface area contributed by atoms with Crippen LogP contribution in [0, 0.1) is 56.7 Å². The molecule has 5 fully saturated rings. The molecule has 0 aromatic heterocycles. The zero-order chi connectivity index (χ0) is 23.5. The van der Waals surface area contributed by atoms with E-state index >= 15 is 0 Å². The fourth-order valence-corrected chi connectivity index (χ4v) is 11.7. The average molecular weight is 445 g/mol. The van der Waals surface area contributed by atoms with Crippen LogP contribution < -0.4 is 0 Å². The number of aliphatic hydroxyl groups is 2. The van der Waals surface area contributed by atoms with Gasteiger partial charge in [-0.3, -0.25) is 0 Å². The quantitative estimate of drug-likeness (QED) is 0.448. The summed E-state index contributed by atoms with van der Waals surface area (Å²) < 4.78 is 0. The van der Waals surface area contributed by atoms with Gasteiger partial charge >= 0.3 is 0 Å². The minimum atomic E-state index is -0.564. The molecule has 0 saturated heterocycles. The molecule has 0 amide bonds. The predicted molar refractivity (Wildman–Crippen MR) is 132 cm³/mol. The minimum Gasteiger partial charge on any atom is -0.393 e. The van der Waals surface area contributed by atoms with Crippen LogP contribution in [0.3, 0.4) is 0 Å². The Morgan fingerprint density at radius 2 is 1.38 bits per heavy atom. The molecule has 5 aliphatic rings. The monoisotopic (exact) mass is 444 g/mol. The van der Waals surface area contributed by atoms with Gasteiger partial charge in [0.15, 0.2) is 0 Å². The van der Waals surface area contributed by atoms with Crippen LogP contribution in [0.2, 0.25) is 0 Å². The fourth-order valence-electron chi connectivity index (χ4n) is 11.7. The van der Waals surface area contributed by atoms with Crippen LogP contribution in [0.5, 0.6) is 0 Å². The largest absolute Gasteiger partial charge is 0.393 e. The molecule has 2 heteroatoms. The van der Waals surface area contributed by atoms with Crippen molar-refractivity contribution in [3.05, 3.63) is 0 Å². The highest BCUT2D eigenvalue weighted by Gasteiger charge is 2.70. The maximum Gasteiger partial charge on any atom is 0.0622 e. The van der Waals surface area contributed by atoms with Crippen molar-refractivity contribution in [2.75, 3.05) is 0 Å². The van der Waals surface area contributed by atoms with Crippen molar-refractivity contribution < 1.29 is 10.2 Å². The van der Waals surface area contributed by atoms with Crippen LogP contribution in [-0.2, 0) is 0 Å². The van der Waals surface area contributed by atoms with Crippen LogP contribution in [0.1, 0.15) is 120 Å². The Kier molecular flexibility index (Phi) is 5.01. The minimum absolute atomic E-state index is 0.0364. The molecule has 2 N–H and O–H groups in total. The lowest BCUT2D eigenvalue weighted by Crippen LogP contribution is -2.66. The Bertz CT molecular complexity index is 765. The van der Waals surface area contributed by atoms with Gasteiger partial charge in [-0.15, -0.1) is 0 Å². The molecule has 0 bridgehead atoms. The Labute approximate surface area is 198 Å². The molecule has 5 saturated carbocycles. The zero-order valence-electron chi connectivity index (χ0n) is 22.4. The molecule has 0 spiro atoms. The van der Waals surface area contributed by atoms with E-state index in [1.165, 1.54) is 57.8 Å². The summed E-state index contributed by atoms with van der Waals surface area (Å²) in [5.74, 6) is 3.29. The molecule has 0 aromatic rings. The smallest absolute Gasteiger partial charge is 0.0622 e. The van der Waals surface area contributed by atoms with Crippen LogP contribution in [0.25, 0.3) is 0 Å². The van der Waals surface area contributed by atoms with Gasteiger partial charge < -0.3 is 10.2 Å². The van der Waals surface area contributed by atoms with Crippen molar-refractivity contribution in [2.24, 2.45) is 56.7 Å². The van der Waals surface area contributed by atoms with Crippen molar-refractivity contribution in [3.63, 3.8) is 0 Å². The van der Waals surface area contributed by atoms with E-state index in [-0.39, 0.29) is 11.5 Å². The Morgan fingerprint density at radius 3 is 2.03 bits per heavy atom. The van der Waals surface area contributed by atoms with Gasteiger partial charge in [-0.25, -0.2) is 0 Å². The van der Waals surface area contributed by atoms with Gasteiger partial charge in [-0.1, -0.05) is 41.5 Å². The highest BCUT2D eigenvalue weighted by Crippen LogP contribution is 2.77. The summed E-state index contributed by atoms with van der Waals surface area (Å²) in [5.41, 5.74) is 1.02. The number of hydrogen-bond donors (Lipinski definition) is 2. The summed E-state index contributed by atoms with van der Waals surface area (Å²) in [4.78, 5) is 0. The summed E-state index contributed by atoms with van der Waals surface area (Å²) in [6, 6.07) is 0. The van der Waals surface area contributed by atoms with Crippen LogP contribution >= 0.6 is 0 Å². The van der Waals surface area contributed by atoms with Gasteiger partial charge in [0.05, 0.1) is 11.7 Å². The van der Waals surface area contributed by atoms with Gasteiger partial charge in [0.1, 0.15) is 0 Å². The third-order valence-corrected chi connectivity index (χ3v) is 13.7. The molecule has 0 heterocycles. The molecular formula is C30H52O2. The SMILES string of the molecule is CC(C)(O)[C@@H]1CC[C@]2(C)CC[C@]3(C)[C@H](CC[C@@H]4[C@@]5(C)CC[C@@H](O)C(C)(C)[C@@H]5CC[C@]43C)[C@@H]12. The maximum absolute atomic E-state index is 11.2. The zero-order valence-corrected chi connectivity index (χ0v) is 22.4. The first-order valence-electron chi connectivity index (χ1n) is 14.0. The highest BCUT2D eigenvalue weighted by molar-refractivity contribution is 5.19. The summed E-state index contributed by atoms with van der Waals surface area (Å²) >= 11 is 0. The van der Waals surface area contributed by atoms with E-state index in [1.54, 1.807) is 0 Å². The second-order valence-corrected chi connectivity index (χ2v) is 15.5. The maximum atomic E-state index is 11.2. The van der Waals surface area contributed by atoms with E-state index in [1.807, 2.05) is 0 Å². The second kappa shape index (κ2) is 6.77. The van der Waals surface area contributed by atoms with Crippen LogP contribution in [0.4, 0.5) is 0 Å². The van der Waals surface area contributed by atoms with Crippen molar-refractivity contribution in [2.45, 2.75) is 131 Å². The first kappa shape index (κ1) is 23.7. The molecule has 2 nitrogen and oxygen atoms in total. The Hall–Kier alpha value is -0.0800. The van der Waals surface area contributed by atoms with Crippen molar-refractivity contribution in [1.29, 1.82) is 0 Å². The van der Waals surface area contributed by atoms with Gasteiger partial charge in [0.2, 0.25) is 0 Å². The molecule has 5 rings (SSSR count). The third kappa shape index (κ3) is 2.78. The van der Waals surface area contributed by atoms with Gasteiger partial charge in [0.25, 0.3) is 0 Å². The number of rotatable bonds is 1. The van der Waals surface area contributed by atoms with Crippen LogP contribution in [0.15, 0.2) is 0 Å². The second-order valence-electron chi connectivity index (χ2n) is 15.5. The summed E-state index contributed by atoms with van der Waals surface area (Å²) in [7, 11) is 0. The Balaban J connectivity index is 1.54. The highest BCUT2D eigenvalue weighted by atomic mass is 16.3. The van der Waals surface area contributed by atoms with E-state index in [9.17, 15) is 10.2 Å². The van der Waals surface area contributed by atoms with Gasteiger partial charge in [-0.2, -0.15) is 0 Å². The summed E-state index contributed by atoms with van der Waals surface area (Å²) in [5, 5.41) is 22.1. The standard InChI is InChI=1S/C30H52O2/c1-25(2)21-12-16-30(8)22(28(21,6)15-13-23(25)31)10-9-20-24-19(26(3,4)32)11-14-27(24,5)17-18-29(20,30)7/h19-24,31-32H,9-18H2,1-8H3/t19-,20-,21+,22-,23-,24-,27-,28+,29-,30-/m1/s1. The molecule has 184 valence electrons. The lowest BCUT2D eigenvalue weighted by atomic mass is 9.32. The Morgan fingerprint density at radius 1 is 0.688 bits per heavy atom. The normalized spacial score (nSPS) is 57.2. The van der Waals surface area contributed by atoms with Crippen molar-refractivity contribution in [3.8, 4) is 0 Å². The van der Waals surface area contributed by atoms with Crippen molar-refractivity contribution >= 4 is 0 Å². The van der Waals surface area contributed by atoms with E-state index in [0.29, 0.717) is 39.4 Å². The van der Waals surface area contributed by atoms with Gasteiger partial charge in [0, 0.05) is 0 Å². The first-order chi connectivity index (χ1) is 14.6. The summed E-state index contributed by atoms with van der Waals surface area (Å²) in [6.07, 6.45) is 12.6. The fraction of sp³-hybridized carbons (Fsp3) is 1.00. The topological polar surface area (TPSA) is 40.5 Å². The van der Waals surface area contributed by atoms with E-state index in [2.05, 4.69) is 55.4 Å². The van der Waals surface area contributed by atoms with Crippen LogP contribution in [-0.4, -0.2) is 21.9 Å². The molecule has 10 atom stereocenters. The molecule has 0 unspecified atom stereocenters. The lowest BCUT2D eigenvalue weighted by Gasteiger charge is -2.73. The summed E-state index contributed by atoms with van der Waals surface area (Å²) in [6.45, 7) is 19.5. The van der Waals surface area contributed by atoms with E-state index in [0.717, 1.165) is 18.3 Å².